The van der Waals surface area contributed by atoms with Gasteiger partial charge in [-0.25, -0.2) is 4.79 Å². The fourth-order valence-electron chi connectivity index (χ4n) is 2.45. The summed E-state index contributed by atoms with van der Waals surface area (Å²) in [6.07, 6.45) is -7.27. The zero-order chi connectivity index (χ0) is 19.3. The molecule has 2 rings (SSSR count). The number of carboxylic acid groups (broad SMARTS) is 1. The van der Waals surface area contributed by atoms with E-state index < -0.39 is 36.7 Å². The van der Waals surface area contributed by atoms with Gasteiger partial charge in [0.15, 0.2) is 18.2 Å². The fraction of sp³-hybridized carbons (Fsp3) is 0.529. The first-order chi connectivity index (χ1) is 12.3. The van der Waals surface area contributed by atoms with Crippen LogP contribution in [-0.2, 0) is 14.3 Å². The van der Waals surface area contributed by atoms with Gasteiger partial charge in [-0.1, -0.05) is 0 Å². The molecule has 26 heavy (non-hydrogen) atoms. The van der Waals surface area contributed by atoms with Crippen molar-refractivity contribution in [2.45, 2.75) is 44.1 Å². The fourth-order valence-corrected chi connectivity index (χ4v) is 2.45. The topological polar surface area (TPSA) is 143 Å². The van der Waals surface area contributed by atoms with Gasteiger partial charge in [0.1, 0.15) is 24.1 Å². The molecule has 0 aliphatic carbocycles. The molecule has 0 aromatic heterocycles. The number of ketones is 1. The molecule has 4 N–H and O–H groups in total. The van der Waals surface area contributed by atoms with Crippen molar-refractivity contribution in [1.29, 1.82) is 0 Å². The van der Waals surface area contributed by atoms with Gasteiger partial charge in [0.25, 0.3) is 0 Å². The lowest BCUT2D eigenvalue weighted by Gasteiger charge is -2.17. The molecule has 144 valence electrons. The van der Waals surface area contributed by atoms with Crippen LogP contribution in [0, 0.1) is 0 Å². The second-order valence-electron chi connectivity index (χ2n) is 5.89. The number of carbonyl (C=O) groups is 2. The second-order valence-corrected chi connectivity index (χ2v) is 5.89. The molecular weight excluding hydrogens is 348 g/mol. The van der Waals surface area contributed by atoms with Crippen LogP contribution >= 0.6 is 0 Å². The lowest BCUT2D eigenvalue weighted by atomic mass is 10.1. The summed E-state index contributed by atoms with van der Waals surface area (Å²) in [6, 6.07) is 6.67. The van der Waals surface area contributed by atoms with Crippen LogP contribution in [0.25, 0.3) is 0 Å². The average Bonchev–Trinajstić information content (AvgIpc) is 2.89. The van der Waals surface area contributed by atoms with Crippen molar-refractivity contribution in [2.24, 2.45) is 0 Å². The number of aliphatic hydroxyl groups is 3. The van der Waals surface area contributed by atoms with E-state index >= 15 is 0 Å². The zero-order valence-corrected chi connectivity index (χ0v) is 14.1. The van der Waals surface area contributed by atoms with Crippen LogP contribution in [0.4, 0.5) is 0 Å². The summed E-state index contributed by atoms with van der Waals surface area (Å²) in [7, 11) is 0. The van der Waals surface area contributed by atoms with Crippen molar-refractivity contribution in [3.63, 3.8) is 0 Å². The van der Waals surface area contributed by atoms with Gasteiger partial charge >= 0.3 is 5.97 Å². The maximum atomic E-state index is 11.2. The van der Waals surface area contributed by atoms with Crippen molar-refractivity contribution < 1.29 is 44.2 Å². The highest BCUT2D eigenvalue weighted by Crippen LogP contribution is 2.25. The highest BCUT2D eigenvalue weighted by Gasteiger charge is 2.48. The van der Waals surface area contributed by atoms with Gasteiger partial charge in [-0.2, -0.15) is 0 Å². The van der Waals surface area contributed by atoms with Gasteiger partial charge in [0.2, 0.25) is 0 Å². The zero-order valence-electron chi connectivity index (χ0n) is 14.1. The summed E-state index contributed by atoms with van der Waals surface area (Å²) in [4.78, 5) is 21.9. The molecule has 0 radical (unpaired) electrons. The predicted octanol–water partition coefficient (Wildman–Crippen LogP) is -0.433. The van der Waals surface area contributed by atoms with E-state index in [4.69, 9.17) is 19.3 Å². The molecule has 9 nitrogen and oxygen atoms in total. The number of carbonyl (C=O) groups excluding carboxylic acids is 1. The molecule has 1 heterocycles. The van der Waals surface area contributed by atoms with Gasteiger partial charge in [0, 0.05) is 12.0 Å². The third-order valence-electron chi connectivity index (χ3n) is 3.92. The van der Waals surface area contributed by atoms with Gasteiger partial charge in [-0.05, 0) is 31.2 Å². The van der Waals surface area contributed by atoms with Crippen LogP contribution in [0.15, 0.2) is 24.3 Å². The Morgan fingerprint density at radius 1 is 1.15 bits per heavy atom. The maximum absolute atomic E-state index is 11.2. The largest absolute Gasteiger partial charge is 0.494 e. The maximum Gasteiger partial charge on any atom is 0.335 e. The molecule has 0 amide bonds. The molecule has 1 fully saturated rings. The van der Waals surface area contributed by atoms with E-state index in [1.54, 1.807) is 24.3 Å². The van der Waals surface area contributed by atoms with Crippen LogP contribution < -0.4 is 4.74 Å². The summed E-state index contributed by atoms with van der Waals surface area (Å²) in [6.45, 7) is 1.89. The van der Waals surface area contributed by atoms with E-state index in [0.717, 1.165) is 0 Å². The van der Waals surface area contributed by atoms with Crippen molar-refractivity contribution >= 4 is 11.8 Å². The number of rotatable bonds is 9. The van der Waals surface area contributed by atoms with Crippen LogP contribution in [0.2, 0.25) is 0 Å². The minimum atomic E-state index is -1.96. The van der Waals surface area contributed by atoms with E-state index in [-0.39, 0.29) is 12.4 Å². The molecule has 1 aliphatic rings. The van der Waals surface area contributed by atoms with E-state index in [2.05, 4.69) is 0 Å². The van der Waals surface area contributed by atoms with Crippen LogP contribution in [0.1, 0.15) is 23.7 Å². The van der Waals surface area contributed by atoms with Gasteiger partial charge in [-0.3, -0.25) is 4.79 Å². The van der Waals surface area contributed by atoms with E-state index in [0.29, 0.717) is 24.3 Å². The van der Waals surface area contributed by atoms with Crippen molar-refractivity contribution in [1.82, 2.24) is 0 Å². The van der Waals surface area contributed by atoms with Gasteiger partial charge < -0.3 is 34.6 Å². The molecule has 0 bridgehead atoms. The van der Waals surface area contributed by atoms with Gasteiger partial charge in [-0.15, -0.1) is 0 Å². The number of hydrogen-bond donors (Lipinski definition) is 4. The molecule has 0 unspecified atom stereocenters. The number of ether oxygens (including phenoxy) is 3. The predicted molar refractivity (Wildman–Crippen MR) is 86.8 cm³/mol. The third-order valence-corrected chi connectivity index (χ3v) is 3.92. The Balaban J connectivity index is 1.71. The highest BCUT2D eigenvalue weighted by molar-refractivity contribution is 5.94. The Labute approximate surface area is 149 Å². The van der Waals surface area contributed by atoms with Crippen molar-refractivity contribution in [2.75, 3.05) is 13.2 Å². The van der Waals surface area contributed by atoms with E-state index in [1.165, 1.54) is 6.92 Å². The molecule has 1 aromatic rings. The summed E-state index contributed by atoms with van der Waals surface area (Å²) in [5.41, 5.74) is 0.588. The average molecular weight is 370 g/mol. The molecule has 0 saturated carbocycles. The summed E-state index contributed by atoms with van der Waals surface area (Å²) < 4.78 is 15.8. The number of Topliss-reactive ketones (excluding diaryl/α,β-unsaturated/α-hetero) is 1. The van der Waals surface area contributed by atoms with Gasteiger partial charge in [0.05, 0.1) is 13.2 Å². The number of aliphatic hydroxyl groups excluding tert-OH is 3. The minimum absolute atomic E-state index is 0.0337. The van der Waals surface area contributed by atoms with Crippen molar-refractivity contribution in [3.05, 3.63) is 29.8 Å². The first-order valence-corrected chi connectivity index (χ1v) is 8.09. The lowest BCUT2D eigenvalue weighted by Crippen LogP contribution is -2.42. The standard InChI is InChI=1S/C17H22O9/c1-9(18)10-3-5-11(6-4-10)24-7-2-8-25-17-13(20)12(19)15(26-17)14(21)16(22)23/h3-6,12-15,17,19-21H,2,7-8H2,1H3,(H,22,23)/t12-,13-,14+,15+,17-/m1/s1. The highest BCUT2D eigenvalue weighted by atomic mass is 16.7. The lowest BCUT2D eigenvalue weighted by molar-refractivity contribution is -0.186. The van der Waals surface area contributed by atoms with E-state index in [9.17, 15) is 24.9 Å². The molecule has 0 spiro atoms. The van der Waals surface area contributed by atoms with Crippen LogP contribution in [-0.4, -0.2) is 76.1 Å². The Kier molecular flexibility index (Phi) is 7.06. The smallest absolute Gasteiger partial charge is 0.335 e. The Hall–Kier alpha value is -2.04. The van der Waals surface area contributed by atoms with Crippen molar-refractivity contribution in [3.8, 4) is 5.75 Å². The summed E-state index contributed by atoms with van der Waals surface area (Å²) in [5.74, 6) is -1.01. The van der Waals surface area contributed by atoms with E-state index in [1.807, 2.05) is 0 Å². The Morgan fingerprint density at radius 3 is 2.38 bits per heavy atom. The molecule has 1 aromatic carbocycles. The van der Waals surface area contributed by atoms with Crippen LogP contribution in [0.5, 0.6) is 5.75 Å². The molecule has 5 atom stereocenters. The SMILES string of the molecule is CC(=O)c1ccc(OCCCO[C@@H]2O[C@H]([C@H](O)C(=O)O)[C@H](O)[C@H]2O)cc1. The molecule has 1 saturated heterocycles. The number of carboxylic acids is 1. The Morgan fingerprint density at radius 2 is 1.81 bits per heavy atom. The second kappa shape index (κ2) is 9.06. The summed E-state index contributed by atoms with van der Waals surface area (Å²) >= 11 is 0. The quantitative estimate of drug-likeness (QED) is 0.336. The number of hydrogen-bond acceptors (Lipinski definition) is 8. The minimum Gasteiger partial charge on any atom is -0.494 e. The first-order valence-electron chi connectivity index (χ1n) is 8.09. The third kappa shape index (κ3) is 4.99. The summed E-state index contributed by atoms with van der Waals surface area (Å²) in [5, 5.41) is 37.7. The molecular formula is C17H22O9. The first kappa shape index (κ1) is 20.3. The monoisotopic (exact) mass is 370 g/mol. The normalized spacial score (nSPS) is 26.5. The Bertz CT molecular complexity index is 615. The number of benzene rings is 1. The van der Waals surface area contributed by atoms with Crippen LogP contribution in [0.3, 0.4) is 0 Å². The number of aliphatic carboxylic acids is 1. The molecule has 9 heteroatoms. The molecule has 1 aliphatic heterocycles.